The van der Waals surface area contributed by atoms with Crippen LogP contribution in [0.15, 0.2) is 29.4 Å². The fourth-order valence-corrected chi connectivity index (χ4v) is 1.08. The lowest BCUT2D eigenvalue weighted by molar-refractivity contribution is -0.457. The summed E-state index contributed by atoms with van der Waals surface area (Å²) in [6.07, 6.45) is 1.63. The summed E-state index contributed by atoms with van der Waals surface area (Å²) in [5, 5.41) is 17.7. The molecule has 0 unspecified atom stereocenters. The van der Waals surface area contributed by atoms with E-state index in [1.807, 2.05) is 6.07 Å². The van der Waals surface area contributed by atoms with E-state index >= 15 is 0 Å². The highest BCUT2D eigenvalue weighted by molar-refractivity contribution is 8.13. The number of pyridine rings is 1. The molecule has 6 heteroatoms. The number of hydrogen-bond acceptors (Lipinski definition) is 4. The SMILES string of the molecule is Cl.N=C([NH2+][O-])Sc1ccccn1. The lowest BCUT2D eigenvalue weighted by Crippen LogP contribution is -2.80. The average molecular weight is 206 g/mol. The number of aromatic nitrogens is 1. The number of amidine groups is 1. The van der Waals surface area contributed by atoms with Gasteiger partial charge in [-0.3, -0.25) is 0 Å². The minimum Gasteiger partial charge on any atom is -0.629 e. The summed E-state index contributed by atoms with van der Waals surface area (Å²) >= 11 is 1.05. The lowest BCUT2D eigenvalue weighted by atomic mass is 10.5. The zero-order valence-corrected chi connectivity index (χ0v) is 7.69. The fourth-order valence-electron chi connectivity index (χ4n) is 0.544. The third kappa shape index (κ3) is 3.68. The van der Waals surface area contributed by atoms with Crippen LogP contribution < -0.4 is 5.48 Å². The molecule has 1 aromatic heterocycles. The molecule has 0 aromatic carbocycles. The van der Waals surface area contributed by atoms with Crippen LogP contribution in [0.2, 0.25) is 0 Å². The van der Waals surface area contributed by atoms with Crippen LogP contribution in [0, 0.1) is 10.6 Å². The third-order valence-electron chi connectivity index (χ3n) is 0.959. The zero-order chi connectivity index (χ0) is 8.10. The van der Waals surface area contributed by atoms with Crippen molar-refractivity contribution in [1.29, 1.82) is 5.41 Å². The molecule has 1 heterocycles. The number of nitrogens with two attached hydrogens (primary N) is 1. The molecule has 0 spiro atoms. The van der Waals surface area contributed by atoms with Gasteiger partial charge in [-0.25, -0.2) is 10.4 Å². The van der Waals surface area contributed by atoms with E-state index in [0.717, 1.165) is 11.8 Å². The van der Waals surface area contributed by atoms with Gasteiger partial charge in [-0.2, -0.15) is 0 Å². The van der Waals surface area contributed by atoms with E-state index in [4.69, 9.17) is 5.41 Å². The van der Waals surface area contributed by atoms with Gasteiger partial charge in [0, 0.05) is 18.0 Å². The molecule has 66 valence electrons. The van der Waals surface area contributed by atoms with E-state index < -0.39 is 0 Å². The summed E-state index contributed by atoms with van der Waals surface area (Å²) in [7, 11) is 0. The Labute approximate surface area is 80.3 Å². The minimum atomic E-state index is -0.0244. The second-order valence-electron chi connectivity index (χ2n) is 1.75. The van der Waals surface area contributed by atoms with E-state index in [9.17, 15) is 5.21 Å². The molecular weight excluding hydrogens is 198 g/mol. The van der Waals surface area contributed by atoms with Crippen LogP contribution in [-0.4, -0.2) is 10.2 Å². The monoisotopic (exact) mass is 205 g/mol. The molecule has 0 saturated carbocycles. The first kappa shape index (κ1) is 11.4. The minimum absolute atomic E-state index is 0. The summed E-state index contributed by atoms with van der Waals surface area (Å²) < 4.78 is 0. The molecule has 12 heavy (non-hydrogen) atoms. The van der Waals surface area contributed by atoms with Crippen molar-refractivity contribution in [3.05, 3.63) is 29.6 Å². The van der Waals surface area contributed by atoms with E-state index in [-0.39, 0.29) is 17.6 Å². The van der Waals surface area contributed by atoms with Crippen molar-refractivity contribution in [2.45, 2.75) is 5.03 Å². The van der Waals surface area contributed by atoms with Gasteiger partial charge < -0.3 is 10.7 Å². The normalized spacial score (nSPS) is 8.75. The number of halogens is 1. The number of quaternary nitrogens is 1. The molecule has 0 bridgehead atoms. The Kier molecular flexibility index (Phi) is 5.65. The fraction of sp³-hybridized carbons (Fsp3) is 0. The van der Waals surface area contributed by atoms with Crippen molar-refractivity contribution in [3.63, 3.8) is 0 Å². The van der Waals surface area contributed by atoms with Gasteiger partial charge in [0.1, 0.15) is 5.03 Å². The van der Waals surface area contributed by atoms with Crippen LogP contribution >= 0.6 is 24.2 Å². The molecule has 0 aliphatic heterocycles. The largest absolute Gasteiger partial charge is 0.629 e. The maximum Gasteiger partial charge on any atom is 0.259 e. The van der Waals surface area contributed by atoms with Crippen LogP contribution in [0.5, 0.6) is 0 Å². The number of hydroxylamine groups is 1. The number of hydrogen-bond donors (Lipinski definition) is 2. The molecule has 0 fully saturated rings. The number of rotatable bonds is 1. The first-order chi connectivity index (χ1) is 5.33. The topological polar surface area (TPSA) is 76.4 Å². The van der Waals surface area contributed by atoms with Crippen LogP contribution in [0.3, 0.4) is 0 Å². The predicted molar refractivity (Wildman–Crippen MR) is 50.4 cm³/mol. The average Bonchev–Trinajstić information content (AvgIpc) is 2.06. The Bertz CT molecular complexity index is 244. The van der Waals surface area contributed by atoms with Crippen molar-refractivity contribution in [3.8, 4) is 0 Å². The standard InChI is InChI=1S/C6H7N3OS.ClH/c7-6(9-10)11-5-3-1-2-4-8-5;/h1-4,7H,9H2;1H. The Morgan fingerprint density at radius 2 is 2.33 bits per heavy atom. The third-order valence-corrected chi connectivity index (χ3v) is 1.73. The number of nitrogens with zero attached hydrogens (tertiary/aromatic N) is 1. The Morgan fingerprint density at radius 1 is 1.58 bits per heavy atom. The molecular formula is C6H8ClN3OS. The van der Waals surface area contributed by atoms with Gasteiger partial charge in [0.25, 0.3) is 5.17 Å². The van der Waals surface area contributed by atoms with Gasteiger partial charge in [0.15, 0.2) is 0 Å². The first-order valence-electron chi connectivity index (χ1n) is 2.95. The molecule has 0 aliphatic rings. The molecule has 0 amide bonds. The first-order valence-corrected chi connectivity index (χ1v) is 3.77. The van der Waals surface area contributed by atoms with Crippen LogP contribution in [-0.2, 0) is 0 Å². The van der Waals surface area contributed by atoms with Crippen molar-refractivity contribution < 1.29 is 5.48 Å². The molecule has 0 radical (unpaired) electrons. The second kappa shape index (κ2) is 5.96. The molecule has 3 N–H and O–H groups in total. The summed E-state index contributed by atoms with van der Waals surface area (Å²) in [6, 6.07) is 5.35. The lowest BCUT2D eigenvalue weighted by Gasteiger charge is -2.00. The molecule has 0 saturated heterocycles. The van der Waals surface area contributed by atoms with E-state index in [0.29, 0.717) is 10.5 Å². The van der Waals surface area contributed by atoms with Gasteiger partial charge in [0.05, 0.1) is 0 Å². The molecule has 0 aliphatic carbocycles. The molecule has 0 atom stereocenters. The van der Waals surface area contributed by atoms with Gasteiger partial charge in [-0.15, -0.1) is 12.4 Å². The Morgan fingerprint density at radius 3 is 2.83 bits per heavy atom. The van der Waals surface area contributed by atoms with Gasteiger partial charge in [0.2, 0.25) is 0 Å². The quantitative estimate of drug-likeness (QED) is 0.305. The van der Waals surface area contributed by atoms with Crippen molar-refractivity contribution >= 4 is 29.3 Å². The maximum absolute atomic E-state index is 10.0. The van der Waals surface area contributed by atoms with Crippen LogP contribution in [0.25, 0.3) is 0 Å². The van der Waals surface area contributed by atoms with Crippen molar-refractivity contribution in [2.75, 3.05) is 0 Å². The smallest absolute Gasteiger partial charge is 0.259 e. The summed E-state index contributed by atoms with van der Waals surface area (Å²) in [5.74, 6) is 0. The molecule has 1 rings (SSSR count). The second-order valence-corrected chi connectivity index (χ2v) is 2.81. The maximum atomic E-state index is 10.0. The van der Waals surface area contributed by atoms with E-state index in [1.165, 1.54) is 0 Å². The van der Waals surface area contributed by atoms with Gasteiger partial charge >= 0.3 is 0 Å². The van der Waals surface area contributed by atoms with Crippen LogP contribution in [0.4, 0.5) is 0 Å². The molecule has 4 nitrogen and oxygen atoms in total. The highest BCUT2D eigenvalue weighted by atomic mass is 35.5. The number of thioether (sulfide) groups is 1. The Balaban J connectivity index is 0.00000121. The summed E-state index contributed by atoms with van der Waals surface area (Å²) in [4.78, 5) is 3.93. The van der Waals surface area contributed by atoms with Gasteiger partial charge in [-0.1, -0.05) is 6.07 Å². The highest BCUT2D eigenvalue weighted by Crippen LogP contribution is 2.11. The van der Waals surface area contributed by atoms with Crippen molar-refractivity contribution in [2.24, 2.45) is 0 Å². The van der Waals surface area contributed by atoms with Crippen molar-refractivity contribution in [1.82, 2.24) is 4.98 Å². The summed E-state index contributed by atoms with van der Waals surface area (Å²) in [6.45, 7) is 0. The van der Waals surface area contributed by atoms with Crippen LogP contribution in [0.1, 0.15) is 0 Å². The van der Waals surface area contributed by atoms with Gasteiger partial charge in [-0.05, 0) is 12.1 Å². The predicted octanol–water partition coefficient (Wildman–Crippen LogP) is 0.591. The van der Waals surface area contributed by atoms with E-state index in [1.54, 1.807) is 18.3 Å². The highest BCUT2D eigenvalue weighted by Gasteiger charge is 1.99. The zero-order valence-electron chi connectivity index (χ0n) is 6.06. The summed E-state index contributed by atoms with van der Waals surface area (Å²) in [5.41, 5.74) is 0.499. The van der Waals surface area contributed by atoms with E-state index in [2.05, 4.69) is 4.98 Å². The molecule has 1 aromatic rings. The number of nitrogens with one attached hydrogen (secondary N) is 1. The Hall–Kier alpha value is -0.620.